The van der Waals surface area contributed by atoms with Gasteiger partial charge < -0.3 is 9.80 Å². The van der Waals surface area contributed by atoms with Gasteiger partial charge in [-0.3, -0.25) is 9.48 Å². The highest BCUT2D eigenvalue weighted by Gasteiger charge is 2.28. The zero-order valence-corrected chi connectivity index (χ0v) is 16.4. The minimum atomic E-state index is 0.126. The average molecular weight is 367 g/mol. The molecule has 0 saturated carbocycles. The Balaban J connectivity index is 1.42. The van der Waals surface area contributed by atoms with Crippen LogP contribution in [0.4, 0.5) is 0 Å². The van der Waals surface area contributed by atoms with Crippen molar-refractivity contribution in [2.45, 2.75) is 45.1 Å². The number of carbonyl (C=O) groups excluding carboxylic acids is 1. The highest BCUT2D eigenvalue weighted by atomic mass is 16.2. The number of likely N-dealkylation sites (tertiary alicyclic amines) is 2. The zero-order chi connectivity index (χ0) is 18.8. The van der Waals surface area contributed by atoms with Crippen molar-refractivity contribution in [1.29, 1.82) is 0 Å². The van der Waals surface area contributed by atoms with Gasteiger partial charge in [0, 0.05) is 37.3 Å². The summed E-state index contributed by atoms with van der Waals surface area (Å²) in [6.45, 7) is 6.10. The Morgan fingerprint density at radius 3 is 2.48 bits per heavy atom. The first kappa shape index (κ1) is 18.2. The van der Waals surface area contributed by atoms with Crippen LogP contribution in [-0.4, -0.2) is 62.7 Å². The third kappa shape index (κ3) is 3.90. The van der Waals surface area contributed by atoms with Gasteiger partial charge in [-0.15, -0.1) is 0 Å². The van der Waals surface area contributed by atoms with Gasteiger partial charge in [0.05, 0.1) is 0 Å². The van der Waals surface area contributed by atoms with E-state index in [0.29, 0.717) is 11.9 Å². The molecule has 4 rings (SSSR count). The molecule has 2 aliphatic heterocycles. The van der Waals surface area contributed by atoms with Crippen LogP contribution in [0.15, 0.2) is 24.3 Å². The van der Waals surface area contributed by atoms with Crippen molar-refractivity contribution < 1.29 is 4.79 Å². The normalized spacial score (nSPS) is 19.4. The first-order valence-electron chi connectivity index (χ1n) is 10.1. The molecule has 2 saturated heterocycles. The van der Waals surface area contributed by atoms with E-state index in [-0.39, 0.29) is 5.91 Å². The number of hydrogen-bond acceptors (Lipinski definition) is 4. The van der Waals surface area contributed by atoms with E-state index in [1.807, 2.05) is 43.1 Å². The van der Waals surface area contributed by atoms with Crippen LogP contribution in [0.1, 0.15) is 48.3 Å². The molecular formula is C21H29N5O. The third-order valence-electron chi connectivity index (χ3n) is 6.01. The summed E-state index contributed by atoms with van der Waals surface area (Å²) < 4.78 is 1.76. The lowest BCUT2D eigenvalue weighted by Gasteiger charge is -2.40. The number of benzene rings is 1. The van der Waals surface area contributed by atoms with E-state index in [2.05, 4.69) is 15.0 Å². The van der Waals surface area contributed by atoms with Crippen LogP contribution in [0.3, 0.4) is 0 Å². The second-order valence-electron chi connectivity index (χ2n) is 7.81. The SMILES string of the molecule is Cc1nc(-c2cccc(C(=O)N3CCC(N4CCCCC4)CC3)c2)nn1C. The molecule has 0 N–H and O–H groups in total. The minimum absolute atomic E-state index is 0.126. The van der Waals surface area contributed by atoms with Crippen LogP contribution < -0.4 is 0 Å². The Morgan fingerprint density at radius 1 is 1.07 bits per heavy atom. The lowest BCUT2D eigenvalue weighted by atomic mass is 9.99. The molecule has 0 radical (unpaired) electrons. The van der Waals surface area contributed by atoms with Gasteiger partial charge in [0.1, 0.15) is 5.82 Å². The number of amides is 1. The van der Waals surface area contributed by atoms with Crippen LogP contribution in [0.25, 0.3) is 11.4 Å². The van der Waals surface area contributed by atoms with Gasteiger partial charge >= 0.3 is 0 Å². The van der Waals surface area contributed by atoms with Crippen LogP contribution >= 0.6 is 0 Å². The molecule has 0 spiro atoms. The monoisotopic (exact) mass is 367 g/mol. The van der Waals surface area contributed by atoms with Gasteiger partial charge in [-0.2, -0.15) is 5.10 Å². The van der Waals surface area contributed by atoms with E-state index in [1.54, 1.807) is 4.68 Å². The first-order chi connectivity index (χ1) is 13.1. The fraction of sp³-hybridized carbons (Fsp3) is 0.571. The summed E-state index contributed by atoms with van der Waals surface area (Å²) in [7, 11) is 1.88. The summed E-state index contributed by atoms with van der Waals surface area (Å²) in [5.41, 5.74) is 1.63. The lowest BCUT2D eigenvalue weighted by Crippen LogP contribution is -2.48. The summed E-state index contributed by atoms with van der Waals surface area (Å²) >= 11 is 0. The topological polar surface area (TPSA) is 54.3 Å². The summed E-state index contributed by atoms with van der Waals surface area (Å²) in [6.07, 6.45) is 6.20. The minimum Gasteiger partial charge on any atom is -0.339 e. The van der Waals surface area contributed by atoms with Crippen molar-refractivity contribution in [3.05, 3.63) is 35.7 Å². The molecule has 0 bridgehead atoms. The van der Waals surface area contributed by atoms with E-state index in [0.717, 1.165) is 42.9 Å². The summed E-state index contributed by atoms with van der Waals surface area (Å²) in [5, 5.41) is 4.43. The maximum absolute atomic E-state index is 13.0. The maximum atomic E-state index is 13.0. The average Bonchev–Trinajstić information content (AvgIpc) is 3.07. The highest BCUT2D eigenvalue weighted by Crippen LogP contribution is 2.23. The predicted octanol–water partition coefficient (Wildman–Crippen LogP) is 2.88. The number of hydrogen-bond donors (Lipinski definition) is 0. The fourth-order valence-corrected chi connectivity index (χ4v) is 4.28. The first-order valence-corrected chi connectivity index (χ1v) is 10.1. The van der Waals surface area contributed by atoms with Gasteiger partial charge in [-0.25, -0.2) is 4.98 Å². The van der Waals surface area contributed by atoms with E-state index in [9.17, 15) is 4.79 Å². The van der Waals surface area contributed by atoms with Gasteiger partial charge in [-0.05, 0) is 57.8 Å². The summed E-state index contributed by atoms with van der Waals surface area (Å²) in [5.74, 6) is 1.66. The number of piperidine rings is 2. The second kappa shape index (κ2) is 7.80. The number of aryl methyl sites for hydroxylation is 2. The van der Waals surface area contributed by atoms with E-state index >= 15 is 0 Å². The molecule has 0 aliphatic carbocycles. The maximum Gasteiger partial charge on any atom is 0.253 e. The second-order valence-corrected chi connectivity index (χ2v) is 7.81. The van der Waals surface area contributed by atoms with E-state index < -0.39 is 0 Å². The molecule has 1 aromatic heterocycles. The standard InChI is InChI=1S/C21H29N5O/c1-16-22-20(23-24(16)2)17-7-6-8-18(15-17)21(27)26-13-9-19(10-14-26)25-11-4-3-5-12-25/h6-8,15,19H,3-5,9-14H2,1-2H3. The number of aromatic nitrogens is 3. The molecule has 2 fully saturated rings. The number of carbonyl (C=O) groups is 1. The van der Waals surface area contributed by atoms with Gasteiger partial charge in [0.15, 0.2) is 5.82 Å². The third-order valence-corrected chi connectivity index (χ3v) is 6.01. The fourth-order valence-electron chi connectivity index (χ4n) is 4.28. The number of rotatable bonds is 3. The van der Waals surface area contributed by atoms with E-state index in [4.69, 9.17) is 0 Å². The molecule has 1 amide bonds. The molecule has 3 heterocycles. The van der Waals surface area contributed by atoms with Crippen molar-refractivity contribution in [3.8, 4) is 11.4 Å². The molecule has 144 valence electrons. The van der Waals surface area contributed by atoms with Gasteiger partial charge in [0.2, 0.25) is 0 Å². The molecule has 1 aromatic carbocycles. The van der Waals surface area contributed by atoms with Crippen molar-refractivity contribution in [2.24, 2.45) is 7.05 Å². The largest absolute Gasteiger partial charge is 0.339 e. The Labute approximate surface area is 161 Å². The van der Waals surface area contributed by atoms with Gasteiger partial charge in [-0.1, -0.05) is 18.6 Å². The zero-order valence-electron chi connectivity index (χ0n) is 16.4. The molecule has 2 aromatic rings. The Hall–Kier alpha value is -2.21. The van der Waals surface area contributed by atoms with Crippen LogP contribution in [0.2, 0.25) is 0 Å². The predicted molar refractivity (Wildman–Crippen MR) is 106 cm³/mol. The molecule has 6 heteroatoms. The molecule has 27 heavy (non-hydrogen) atoms. The molecular weight excluding hydrogens is 338 g/mol. The summed E-state index contributed by atoms with van der Waals surface area (Å²) in [6, 6.07) is 8.37. The highest BCUT2D eigenvalue weighted by molar-refractivity contribution is 5.95. The van der Waals surface area contributed by atoms with Crippen molar-refractivity contribution in [2.75, 3.05) is 26.2 Å². The van der Waals surface area contributed by atoms with Crippen LogP contribution in [0, 0.1) is 6.92 Å². The van der Waals surface area contributed by atoms with Crippen molar-refractivity contribution >= 4 is 5.91 Å². The van der Waals surface area contributed by atoms with Crippen LogP contribution in [0.5, 0.6) is 0 Å². The Bertz CT molecular complexity index is 781. The lowest BCUT2D eigenvalue weighted by molar-refractivity contribution is 0.0590. The molecule has 0 atom stereocenters. The quantitative estimate of drug-likeness (QED) is 0.837. The van der Waals surface area contributed by atoms with Crippen molar-refractivity contribution in [1.82, 2.24) is 24.6 Å². The molecule has 0 unspecified atom stereocenters. The van der Waals surface area contributed by atoms with E-state index in [1.165, 1.54) is 32.4 Å². The van der Waals surface area contributed by atoms with Gasteiger partial charge in [0.25, 0.3) is 5.91 Å². The summed E-state index contributed by atoms with van der Waals surface area (Å²) in [4.78, 5) is 22.1. The Morgan fingerprint density at radius 2 is 1.81 bits per heavy atom. The van der Waals surface area contributed by atoms with Crippen LogP contribution in [-0.2, 0) is 7.05 Å². The number of nitrogens with zero attached hydrogens (tertiary/aromatic N) is 5. The molecule has 2 aliphatic rings. The van der Waals surface area contributed by atoms with Crippen molar-refractivity contribution in [3.63, 3.8) is 0 Å². The smallest absolute Gasteiger partial charge is 0.253 e. The molecule has 6 nitrogen and oxygen atoms in total. The Kier molecular flexibility index (Phi) is 5.25.